The van der Waals surface area contributed by atoms with Crippen LogP contribution in [0.2, 0.25) is 0 Å². The van der Waals surface area contributed by atoms with Crippen LogP contribution in [0.15, 0.2) is 24.3 Å². The minimum absolute atomic E-state index is 0.631. The predicted octanol–water partition coefficient (Wildman–Crippen LogP) is 3.38. The van der Waals surface area contributed by atoms with Crippen molar-refractivity contribution in [3.05, 3.63) is 24.3 Å². The van der Waals surface area contributed by atoms with Crippen LogP contribution in [0, 0.1) is 0 Å². The highest BCUT2D eigenvalue weighted by Crippen LogP contribution is 2.32. The highest BCUT2D eigenvalue weighted by Gasteiger charge is 2.20. The van der Waals surface area contributed by atoms with Gasteiger partial charge in [-0.05, 0) is 12.1 Å². The average molecular weight is 270 g/mol. The molecule has 0 spiro atoms. The molecule has 1 aliphatic heterocycles. The Balaban J connectivity index is 0.000000249. The summed E-state index contributed by atoms with van der Waals surface area (Å²) in [5.74, 6) is 1.60. The molecule has 0 N–H and O–H groups in total. The number of hydrogen-bond donors (Lipinski definition) is 0. The highest BCUT2D eigenvalue weighted by molar-refractivity contribution is 6.50. The van der Waals surface area contributed by atoms with Crippen molar-refractivity contribution in [2.75, 3.05) is 24.1 Å². The zero-order chi connectivity index (χ0) is 12.9. The molecule has 1 heterocycles. The molecule has 1 aromatic carbocycles. The summed E-state index contributed by atoms with van der Waals surface area (Å²) in [5.41, 5.74) is 1.15. The van der Waals surface area contributed by atoms with Crippen LogP contribution in [0.1, 0.15) is 0 Å². The van der Waals surface area contributed by atoms with Crippen molar-refractivity contribution in [3.63, 3.8) is 0 Å². The topological polar surface area (TPSA) is 12.5 Å². The molecule has 96 valence electrons. The van der Waals surface area contributed by atoms with Gasteiger partial charge < -0.3 is 26.9 Å². The maximum atomic E-state index is 9.75. The molecule has 0 atom stereocenters. The zero-order valence-corrected chi connectivity index (χ0v) is 9.51. The van der Waals surface area contributed by atoms with Crippen LogP contribution < -0.4 is 9.64 Å². The third-order valence-corrected chi connectivity index (χ3v) is 2.11. The summed E-state index contributed by atoms with van der Waals surface area (Å²) in [6, 6.07) is 8.01. The van der Waals surface area contributed by atoms with E-state index in [2.05, 4.69) is 11.0 Å². The molecule has 0 aliphatic carbocycles. The van der Waals surface area contributed by atoms with Crippen LogP contribution in [-0.4, -0.2) is 26.4 Å². The van der Waals surface area contributed by atoms with Crippen LogP contribution >= 0.6 is 11.6 Å². The molecular weight excluding hydrogens is 260 g/mol. The van der Waals surface area contributed by atoms with E-state index in [0.29, 0.717) is 12.6 Å². The number of nitrogens with zero attached hydrogens (tertiary/aromatic N) is 1. The van der Waals surface area contributed by atoms with E-state index in [1.165, 1.54) is 0 Å². The summed E-state index contributed by atoms with van der Waals surface area (Å²) < 4.78 is 44.4. The molecule has 1 aromatic rings. The molecule has 2 rings (SSSR count). The number of rotatable bonds is 2. The number of fused-ring (bicyclic) bond motifs is 1. The molecule has 0 radical (unpaired) electrons. The fourth-order valence-electron chi connectivity index (χ4n) is 1.34. The largest absolute Gasteiger partial charge is 0.673 e. The summed E-state index contributed by atoms with van der Waals surface area (Å²) in [7, 11) is -6.00. The van der Waals surface area contributed by atoms with E-state index in [0.717, 1.165) is 18.0 Å². The fourth-order valence-corrected chi connectivity index (χ4v) is 1.55. The van der Waals surface area contributed by atoms with Crippen LogP contribution in [-0.2, 0) is 0 Å². The third-order valence-electron chi connectivity index (χ3n) is 1.94. The molecule has 0 bridgehead atoms. The number of para-hydroxylation sites is 2. The van der Waals surface area contributed by atoms with Crippen LogP contribution in [0.3, 0.4) is 0 Å². The Morgan fingerprint density at radius 1 is 1.24 bits per heavy atom. The van der Waals surface area contributed by atoms with E-state index >= 15 is 0 Å². The van der Waals surface area contributed by atoms with Crippen molar-refractivity contribution in [3.8, 4) is 5.75 Å². The Morgan fingerprint density at radius 2 is 1.82 bits per heavy atom. The van der Waals surface area contributed by atoms with Crippen molar-refractivity contribution < 1.29 is 22.0 Å². The molecule has 0 amide bonds. The predicted molar refractivity (Wildman–Crippen MR) is 60.2 cm³/mol. The molecule has 1 aliphatic rings. The van der Waals surface area contributed by atoms with E-state index in [9.17, 15) is 17.3 Å². The molecule has 0 saturated heterocycles. The SMILES string of the molecule is ClCCN1COc2ccccc21.F[B-](F)(F)F. The number of alkyl halides is 1. The van der Waals surface area contributed by atoms with Gasteiger partial charge in [-0.25, -0.2) is 0 Å². The second-order valence-electron chi connectivity index (χ2n) is 3.19. The van der Waals surface area contributed by atoms with Gasteiger partial charge in [-0.1, -0.05) is 12.1 Å². The van der Waals surface area contributed by atoms with Crippen LogP contribution in [0.4, 0.5) is 23.0 Å². The minimum Gasteiger partial charge on any atom is -0.471 e. The monoisotopic (exact) mass is 270 g/mol. The quantitative estimate of drug-likeness (QED) is 0.464. The first-order valence-electron chi connectivity index (χ1n) is 4.82. The number of anilines is 1. The summed E-state index contributed by atoms with van der Waals surface area (Å²) in [5, 5.41) is 0. The van der Waals surface area contributed by atoms with Crippen molar-refractivity contribution in [1.29, 1.82) is 0 Å². The second-order valence-corrected chi connectivity index (χ2v) is 3.57. The van der Waals surface area contributed by atoms with Crippen molar-refractivity contribution in [2.24, 2.45) is 0 Å². The summed E-state index contributed by atoms with van der Waals surface area (Å²) in [6.07, 6.45) is 0. The first kappa shape index (κ1) is 14.0. The Bertz CT molecular complexity index is 355. The number of halogens is 5. The Labute approximate surface area is 101 Å². The Kier molecular flexibility index (Phi) is 4.93. The standard InChI is InChI=1S/C9H10ClNO.BF4/c10-5-6-11-7-12-9-4-2-1-3-8(9)11;2-1(3,4)5/h1-4H,5-7H2;/q;-1. The lowest BCUT2D eigenvalue weighted by molar-refractivity contribution is 0.348. The van der Waals surface area contributed by atoms with Crippen LogP contribution in [0.25, 0.3) is 0 Å². The summed E-state index contributed by atoms with van der Waals surface area (Å²) >= 11 is 5.65. The molecule has 0 fully saturated rings. The van der Waals surface area contributed by atoms with Gasteiger partial charge in [-0.15, -0.1) is 11.6 Å². The third kappa shape index (κ3) is 5.17. The second kappa shape index (κ2) is 6.00. The lowest BCUT2D eigenvalue weighted by atomic mass is 10.3. The minimum atomic E-state index is -6.00. The average Bonchev–Trinajstić information content (AvgIpc) is 2.60. The molecule has 0 aromatic heterocycles. The van der Waals surface area contributed by atoms with Crippen molar-refractivity contribution in [1.82, 2.24) is 0 Å². The lowest BCUT2D eigenvalue weighted by Gasteiger charge is -2.13. The van der Waals surface area contributed by atoms with Gasteiger partial charge in [0.1, 0.15) is 5.75 Å². The van der Waals surface area contributed by atoms with E-state index in [4.69, 9.17) is 16.3 Å². The van der Waals surface area contributed by atoms with Gasteiger partial charge in [0.15, 0.2) is 6.73 Å². The Morgan fingerprint density at radius 3 is 2.41 bits per heavy atom. The maximum Gasteiger partial charge on any atom is 0.673 e. The molecule has 0 saturated carbocycles. The van der Waals surface area contributed by atoms with Gasteiger partial charge >= 0.3 is 7.25 Å². The number of ether oxygens (including phenoxy) is 1. The molecule has 17 heavy (non-hydrogen) atoms. The van der Waals surface area contributed by atoms with E-state index in [-0.39, 0.29) is 0 Å². The smallest absolute Gasteiger partial charge is 0.471 e. The number of benzene rings is 1. The first-order valence-corrected chi connectivity index (χ1v) is 5.35. The molecule has 8 heteroatoms. The summed E-state index contributed by atoms with van der Waals surface area (Å²) in [4.78, 5) is 2.13. The van der Waals surface area contributed by atoms with Crippen LogP contribution in [0.5, 0.6) is 5.75 Å². The molecular formula is C9H10BClF4NO-. The molecule has 0 unspecified atom stereocenters. The van der Waals surface area contributed by atoms with E-state index < -0.39 is 7.25 Å². The van der Waals surface area contributed by atoms with E-state index in [1.54, 1.807) is 0 Å². The van der Waals surface area contributed by atoms with Crippen molar-refractivity contribution >= 4 is 24.5 Å². The van der Waals surface area contributed by atoms with Gasteiger partial charge in [0.05, 0.1) is 5.69 Å². The summed E-state index contributed by atoms with van der Waals surface area (Å²) in [6.45, 7) is 1.48. The lowest BCUT2D eigenvalue weighted by Crippen LogP contribution is -2.23. The fraction of sp³-hybridized carbons (Fsp3) is 0.333. The Hall–Kier alpha value is -1.11. The zero-order valence-electron chi connectivity index (χ0n) is 8.75. The van der Waals surface area contributed by atoms with Gasteiger partial charge in [0.2, 0.25) is 0 Å². The van der Waals surface area contributed by atoms with Gasteiger partial charge in [-0.3, -0.25) is 0 Å². The van der Waals surface area contributed by atoms with Gasteiger partial charge in [0.25, 0.3) is 0 Å². The first-order chi connectivity index (χ1) is 7.92. The highest BCUT2D eigenvalue weighted by atomic mass is 35.5. The van der Waals surface area contributed by atoms with Gasteiger partial charge in [-0.2, -0.15) is 0 Å². The maximum absolute atomic E-state index is 9.75. The van der Waals surface area contributed by atoms with Crippen molar-refractivity contribution in [2.45, 2.75) is 0 Å². The van der Waals surface area contributed by atoms with E-state index in [1.807, 2.05) is 18.2 Å². The normalized spacial score (nSPS) is 13.6. The molecule has 2 nitrogen and oxygen atoms in total. The van der Waals surface area contributed by atoms with Gasteiger partial charge in [0, 0.05) is 12.4 Å². The number of hydrogen-bond acceptors (Lipinski definition) is 2.